The van der Waals surface area contributed by atoms with Gasteiger partial charge in [0.15, 0.2) is 5.82 Å². The summed E-state index contributed by atoms with van der Waals surface area (Å²) in [4.78, 5) is 4.13. The highest BCUT2D eigenvalue weighted by molar-refractivity contribution is 5.61. The lowest BCUT2D eigenvalue weighted by Crippen LogP contribution is -2.20. The van der Waals surface area contributed by atoms with Crippen LogP contribution in [0.4, 0.5) is 30.6 Å². The van der Waals surface area contributed by atoms with Gasteiger partial charge in [0.05, 0.1) is 23.6 Å². The van der Waals surface area contributed by atoms with Gasteiger partial charge in [0.25, 0.3) is 0 Å². The molecule has 1 aromatic carbocycles. The van der Waals surface area contributed by atoms with E-state index < -0.39 is 11.7 Å². The molecule has 0 spiro atoms. The van der Waals surface area contributed by atoms with Crippen molar-refractivity contribution in [1.82, 2.24) is 15.2 Å². The number of hydrogen-bond donors (Lipinski definition) is 2. The van der Waals surface area contributed by atoms with Crippen molar-refractivity contribution in [3.8, 4) is 0 Å². The molecule has 1 aliphatic rings. The van der Waals surface area contributed by atoms with Crippen molar-refractivity contribution in [1.29, 1.82) is 0 Å². The van der Waals surface area contributed by atoms with Crippen LogP contribution in [-0.2, 0) is 10.9 Å². The Morgan fingerprint density at radius 2 is 2.08 bits per heavy atom. The fourth-order valence-electron chi connectivity index (χ4n) is 2.43. The van der Waals surface area contributed by atoms with Crippen molar-refractivity contribution in [2.24, 2.45) is 0 Å². The standard InChI is InChI=1S/C15H16F3N5O/c16-15(17,18)11-5-1-2-6-12(11)21-13-9-20-23-14(22-13)19-8-10-4-3-7-24-10/h1-2,5-6,9-10H,3-4,7-8H2,(H2,19,21,22,23). The molecule has 128 valence electrons. The molecule has 1 atom stereocenters. The molecule has 24 heavy (non-hydrogen) atoms. The summed E-state index contributed by atoms with van der Waals surface area (Å²) >= 11 is 0. The minimum absolute atomic E-state index is 0.0874. The molecule has 9 heteroatoms. The molecular formula is C15H16F3N5O. The van der Waals surface area contributed by atoms with Crippen molar-refractivity contribution in [2.45, 2.75) is 25.1 Å². The third-order valence-corrected chi connectivity index (χ3v) is 3.57. The Bertz CT molecular complexity index is 689. The molecule has 6 nitrogen and oxygen atoms in total. The van der Waals surface area contributed by atoms with E-state index in [1.54, 1.807) is 0 Å². The molecule has 2 N–H and O–H groups in total. The molecule has 0 saturated carbocycles. The first-order chi connectivity index (χ1) is 11.5. The van der Waals surface area contributed by atoms with Gasteiger partial charge in [0.2, 0.25) is 5.95 Å². The van der Waals surface area contributed by atoms with Gasteiger partial charge in [-0.3, -0.25) is 0 Å². The topological polar surface area (TPSA) is 72.0 Å². The number of anilines is 3. The van der Waals surface area contributed by atoms with Crippen LogP contribution in [0.5, 0.6) is 0 Å². The summed E-state index contributed by atoms with van der Waals surface area (Å²) in [6, 6.07) is 5.20. The number of aromatic nitrogens is 3. The Kier molecular flexibility index (Phi) is 4.79. The predicted octanol–water partition coefficient (Wildman–Crippen LogP) is 3.22. The Labute approximate surface area is 136 Å². The summed E-state index contributed by atoms with van der Waals surface area (Å²) in [5.74, 6) is 0.413. The zero-order chi connectivity index (χ0) is 17.0. The second-order valence-corrected chi connectivity index (χ2v) is 5.35. The number of halogens is 3. The van der Waals surface area contributed by atoms with Crippen molar-refractivity contribution in [3.05, 3.63) is 36.0 Å². The Hall–Kier alpha value is -2.42. The molecule has 0 radical (unpaired) electrons. The summed E-state index contributed by atoms with van der Waals surface area (Å²) < 4.78 is 44.5. The molecular weight excluding hydrogens is 323 g/mol. The SMILES string of the molecule is FC(F)(F)c1ccccc1Nc1cnnc(NCC2CCCO2)n1. The van der Waals surface area contributed by atoms with E-state index >= 15 is 0 Å². The molecule has 2 heterocycles. The average Bonchev–Trinajstić information content (AvgIpc) is 3.06. The van der Waals surface area contributed by atoms with Crippen LogP contribution >= 0.6 is 0 Å². The van der Waals surface area contributed by atoms with Crippen molar-refractivity contribution in [3.63, 3.8) is 0 Å². The van der Waals surface area contributed by atoms with Gasteiger partial charge in [-0.25, -0.2) is 0 Å². The number of rotatable bonds is 5. The average molecular weight is 339 g/mol. The summed E-state index contributed by atoms with van der Waals surface area (Å²) in [6.07, 6.45) is -1.12. The highest BCUT2D eigenvalue weighted by Gasteiger charge is 2.33. The molecule has 1 aromatic heterocycles. The molecule has 0 bridgehead atoms. The maximum atomic E-state index is 13.0. The summed E-state index contributed by atoms with van der Waals surface area (Å²) in [5, 5.41) is 13.2. The smallest absolute Gasteiger partial charge is 0.376 e. The van der Waals surface area contributed by atoms with E-state index in [1.807, 2.05) is 0 Å². The van der Waals surface area contributed by atoms with Gasteiger partial charge >= 0.3 is 6.18 Å². The third-order valence-electron chi connectivity index (χ3n) is 3.57. The van der Waals surface area contributed by atoms with E-state index in [-0.39, 0.29) is 23.6 Å². The van der Waals surface area contributed by atoms with E-state index in [4.69, 9.17) is 4.74 Å². The van der Waals surface area contributed by atoms with Gasteiger partial charge < -0.3 is 15.4 Å². The number of hydrogen-bond acceptors (Lipinski definition) is 6. The van der Waals surface area contributed by atoms with Gasteiger partial charge in [0, 0.05) is 13.2 Å². The van der Waals surface area contributed by atoms with Crippen LogP contribution in [0.1, 0.15) is 18.4 Å². The Morgan fingerprint density at radius 3 is 2.83 bits per heavy atom. The number of alkyl halides is 3. The van der Waals surface area contributed by atoms with Crippen LogP contribution in [0.3, 0.4) is 0 Å². The van der Waals surface area contributed by atoms with Crippen LogP contribution < -0.4 is 10.6 Å². The van der Waals surface area contributed by atoms with E-state index in [0.29, 0.717) is 6.54 Å². The predicted molar refractivity (Wildman–Crippen MR) is 82.0 cm³/mol. The maximum absolute atomic E-state index is 13.0. The van der Waals surface area contributed by atoms with Crippen molar-refractivity contribution < 1.29 is 17.9 Å². The first kappa shape index (κ1) is 16.4. The molecule has 0 amide bonds. The molecule has 1 unspecified atom stereocenters. The lowest BCUT2D eigenvalue weighted by Gasteiger charge is -2.14. The summed E-state index contributed by atoms with van der Waals surface area (Å²) in [6.45, 7) is 1.27. The number of benzene rings is 1. The fourth-order valence-corrected chi connectivity index (χ4v) is 2.43. The monoisotopic (exact) mass is 339 g/mol. The quantitative estimate of drug-likeness (QED) is 0.871. The molecule has 3 rings (SSSR count). The molecule has 1 aliphatic heterocycles. The highest BCUT2D eigenvalue weighted by atomic mass is 19.4. The molecule has 1 saturated heterocycles. The van der Waals surface area contributed by atoms with E-state index in [1.165, 1.54) is 24.4 Å². The zero-order valence-corrected chi connectivity index (χ0v) is 12.7. The zero-order valence-electron chi connectivity index (χ0n) is 12.7. The van der Waals surface area contributed by atoms with E-state index in [9.17, 15) is 13.2 Å². The van der Waals surface area contributed by atoms with Gasteiger partial charge in [-0.1, -0.05) is 12.1 Å². The molecule has 1 fully saturated rings. The summed E-state index contributed by atoms with van der Waals surface area (Å²) in [7, 11) is 0. The number of ether oxygens (including phenoxy) is 1. The first-order valence-electron chi connectivity index (χ1n) is 7.51. The molecule has 0 aliphatic carbocycles. The fraction of sp³-hybridized carbons (Fsp3) is 0.400. The Balaban J connectivity index is 1.71. The van der Waals surface area contributed by atoms with Crippen LogP contribution in [-0.4, -0.2) is 34.4 Å². The third kappa shape index (κ3) is 4.10. The van der Waals surface area contributed by atoms with Crippen molar-refractivity contribution >= 4 is 17.5 Å². The van der Waals surface area contributed by atoms with Gasteiger partial charge in [-0.15, -0.1) is 5.10 Å². The van der Waals surface area contributed by atoms with Gasteiger partial charge in [0.1, 0.15) is 0 Å². The number of nitrogens with zero attached hydrogens (tertiary/aromatic N) is 3. The van der Waals surface area contributed by atoms with Crippen molar-refractivity contribution in [2.75, 3.05) is 23.8 Å². The number of para-hydroxylation sites is 1. The first-order valence-corrected chi connectivity index (χ1v) is 7.51. The second kappa shape index (κ2) is 7.00. The van der Waals surface area contributed by atoms with Crippen LogP contribution in [0.2, 0.25) is 0 Å². The van der Waals surface area contributed by atoms with E-state index in [0.717, 1.165) is 25.5 Å². The molecule has 2 aromatic rings. The highest BCUT2D eigenvalue weighted by Crippen LogP contribution is 2.35. The maximum Gasteiger partial charge on any atom is 0.418 e. The summed E-state index contributed by atoms with van der Waals surface area (Å²) in [5.41, 5.74) is -0.854. The lowest BCUT2D eigenvalue weighted by atomic mass is 10.1. The van der Waals surface area contributed by atoms with Crippen LogP contribution in [0.25, 0.3) is 0 Å². The van der Waals surface area contributed by atoms with Crippen LogP contribution in [0, 0.1) is 0 Å². The minimum atomic E-state index is -4.45. The minimum Gasteiger partial charge on any atom is -0.376 e. The van der Waals surface area contributed by atoms with Gasteiger partial charge in [-0.05, 0) is 25.0 Å². The van der Waals surface area contributed by atoms with Gasteiger partial charge in [-0.2, -0.15) is 23.3 Å². The number of nitrogens with one attached hydrogen (secondary N) is 2. The normalized spacial score (nSPS) is 17.7. The lowest BCUT2D eigenvalue weighted by molar-refractivity contribution is -0.136. The largest absolute Gasteiger partial charge is 0.418 e. The second-order valence-electron chi connectivity index (χ2n) is 5.35. The van der Waals surface area contributed by atoms with Crippen LogP contribution in [0.15, 0.2) is 30.5 Å². The van der Waals surface area contributed by atoms with E-state index in [2.05, 4.69) is 25.8 Å². The Morgan fingerprint density at radius 1 is 1.25 bits per heavy atom.